The smallest absolute Gasteiger partial charge is 0.410 e. The predicted molar refractivity (Wildman–Crippen MR) is 51.9 cm³/mol. The van der Waals surface area contributed by atoms with Crippen molar-refractivity contribution in [2.75, 3.05) is 13.2 Å². The quantitative estimate of drug-likeness (QED) is 0.654. The van der Waals surface area contributed by atoms with Crippen molar-refractivity contribution in [2.45, 2.75) is 39.3 Å². The molecule has 1 amide bonds. The summed E-state index contributed by atoms with van der Waals surface area (Å²) in [6, 6.07) is -0.0325. The Morgan fingerprint density at radius 3 is 2.50 bits per heavy atom. The van der Waals surface area contributed by atoms with Crippen molar-refractivity contribution in [3.63, 3.8) is 0 Å². The minimum Gasteiger partial charge on any atom is -0.444 e. The van der Waals surface area contributed by atoms with Crippen molar-refractivity contribution < 1.29 is 13.9 Å². The standard InChI is InChI=1S/C10H18FNO2/c1-7-8(5-11)6-12(7)9(13)14-10(2,3)4/h7-8H,5-6H2,1-4H3/t7-,8?/m0/s1. The SMILES string of the molecule is C[C@H]1C(CF)CN1C(=O)OC(C)(C)C. The summed E-state index contributed by atoms with van der Waals surface area (Å²) in [7, 11) is 0. The van der Waals surface area contributed by atoms with Gasteiger partial charge in [0.05, 0.1) is 6.67 Å². The van der Waals surface area contributed by atoms with Crippen molar-refractivity contribution in [1.29, 1.82) is 0 Å². The van der Waals surface area contributed by atoms with E-state index in [-0.39, 0.29) is 24.7 Å². The lowest BCUT2D eigenvalue weighted by Gasteiger charge is -2.45. The monoisotopic (exact) mass is 203 g/mol. The molecule has 0 aliphatic carbocycles. The van der Waals surface area contributed by atoms with Gasteiger partial charge in [-0.05, 0) is 27.7 Å². The second kappa shape index (κ2) is 3.75. The van der Waals surface area contributed by atoms with Gasteiger partial charge in [0, 0.05) is 18.5 Å². The second-order valence-corrected chi connectivity index (χ2v) is 4.79. The van der Waals surface area contributed by atoms with Gasteiger partial charge in [-0.2, -0.15) is 0 Å². The third-order valence-corrected chi connectivity index (χ3v) is 2.43. The molecular formula is C10H18FNO2. The minimum absolute atomic E-state index is 0.0116. The average molecular weight is 203 g/mol. The minimum atomic E-state index is -0.475. The summed E-state index contributed by atoms with van der Waals surface area (Å²) in [5, 5.41) is 0. The van der Waals surface area contributed by atoms with Gasteiger partial charge < -0.3 is 9.64 Å². The number of likely N-dealkylation sites (tertiary alicyclic amines) is 1. The van der Waals surface area contributed by atoms with Gasteiger partial charge in [0.1, 0.15) is 5.60 Å². The Bertz CT molecular complexity index is 225. The zero-order valence-electron chi connectivity index (χ0n) is 9.21. The lowest BCUT2D eigenvalue weighted by molar-refractivity contribution is -0.0296. The molecule has 0 radical (unpaired) electrons. The first-order valence-corrected chi connectivity index (χ1v) is 4.90. The van der Waals surface area contributed by atoms with Gasteiger partial charge in [-0.3, -0.25) is 4.39 Å². The molecule has 4 heteroatoms. The maximum absolute atomic E-state index is 12.3. The number of halogens is 1. The van der Waals surface area contributed by atoms with E-state index in [4.69, 9.17) is 4.74 Å². The molecule has 0 N–H and O–H groups in total. The average Bonchev–Trinajstić information content (AvgIpc) is 1.99. The van der Waals surface area contributed by atoms with E-state index in [0.717, 1.165) is 0 Å². The Labute approximate surface area is 84.2 Å². The fraction of sp³-hybridized carbons (Fsp3) is 0.900. The Kier molecular flexibility index (Phi) is 3.02. The number of hydrogen-bond acceptors (Lipinski definition) is 2. The van der Waals surface area contributed by atoms with Crippen LogP contribution in [0.25, 0.3) is 0 Å². The number of ether oxygens (including phenoxy) is 1. The summed E-state index contributed by atoms with van der Waals surface area (Å²) in [4.78, 5) is 13.1. The molecule has 0 aromatic rings. The van der Waals surface area contributed by atoms with Gasteiger partial charge >= 0.3 is 6.09 Å². The van der Waals surface area contributed by atoms with E-state index < -0.39 is 5.60 Å². The maximum atomic E-state index is 12.3. The maximum Gasteiger partial charge on any atom is 0.410 e. The summed E-state index contributed by atoms with van der Waals surface area (Å²) in [6.45, 7) is 7.43. The first-order chi connectivity index (χ1) is 6.35. The molecule has 82 valence electrons. The summed E-state index contributed by atoms with van der Waals surface area (Å²) >= 11 is 0. The van der Waals surface area contributed by atoms with Crippen molar-refractivity contribution in [1.82, 2.24) is 4.90 Å². The Morgan fingerprint density at radius 2 is 2.14 bits per heavy atom. The molecule has 1 heterocycles. The van der Waals surface area contributed by atoms with Crippen molar-refractivity contribution >= 4 is 6.09 Å². The molecule has 0 spiro atoms. The van der Waals surface area contributed by atoms with Crippen LogP contribution in [0.15, 0.2) is 0 Å². The number of amides is 1. The van der Waals surface area contributed by atoms with Gasteiger partial charge in [0.15, 0.2) is 0 Å². The summed E-state index contributed by atoms with van der Waals surface area (Å²) in [5.41, 5.74) is -0.475. The fourth-order valence-electron chi connectivity index (χ4n) is 1.43. The van der Waals surface area contributed by atoms with Crippen LogP contribution < -0.4 is 0 Å². The molecule has 14 heavy (non-hydrogen) atoms. The normalized spacial score (nSPS) is 27.1. The van der Waals surface area contributed by atoms with Crippen molar-refractivity contribution in [3.05, 3.63) is 0 Å². The largest absolute Gasteiger partial charge is 0.444 e. The number of carbonyl (C=O) groups excluding carboxylic acids is 1. The number of alkyl halides is 1. The molecule has 1 aliphatic rings. The molecule has 0 saturated carbocycles. The second-order valence-electron chi connectivity index (χ2n) is 4.79. The molecule has 2 atom stereocenters. The highest BCUT2D eigenvalue weighted by Gasteiger charge is 2.40. The van der Waals surface area contributed by atoms with Crippen molar-refractivity contribution in [2.24, 2.45) is 5.92 Å². The summed E-state index contributed by atoms with van der Waals surface area (Å²) < 4.78 is 17.5. The van der Waals surface area contributed by atoms with Crippen LogP contribution in [0.2, 0.25) is 0 Å². The van der Waals surface area contributed by atoms with Crippen LogP contribution in [-0.2, 0) is 4.74 Å². The first kappa shape index (κ1) is 11.3. The number of nitrogens with zero attached hydrogens (tertiary/aromatic N) is 1. The molecular weight excluding hydrogens is 185 g/mol. The third kappa shape index (κ3) is 2.36. The van der Waals surface area contributed by atoms with Crippen LogP contribution in [0.1, 0.15) is 27.7 Å². The first-order valence-electron chi connectivity index (χ1n) is 4.90. The Morgan fingerprint density at radius 1 is 1.57 bits per heavy atom. The molecule has 0 bridgehead atoms. The van der Waals surface area contributed by atoms with Gasteiger partial charge in [-0.15, -0.1) is 0 Å². The van der Waals surface area contributed by atoms with E-state index in [1.807, 2.05) is 27.7 Å². The van der Waals surface area contributed by atoms with E-state index in [9.17, 15) is 9.18 Å². The van der Waals surface area contributed by atoms with Crippen LogP contribution in [0.3, 0.4) is 0 Å². The topological polar surface area (TPSA) is 29.5 Å². The van der Waals surface area contributed by atoms with Crippen LogP contribution in [0, 0.1) is 5.92 Å². The lowest BCUT2D eigenvalue weighted by Crippen LogP contribution is -2.58. The van der Waals surface area contributed by atoms with Crippen LogP contribution >= 0.6 is 0 Å². The van der Waals surface area contributed by atoms with Crippen LogP contribution in [-0.4, -0.2) is 35.9 Å². The van der Waals surface area contributed by atoms with Crippen LogP contribution in [0.4, 0.5) is 9.18 Å². The Hall–Kier alpha value is -0.800. The third-order valence-electron chi connectivity index (χ3n) is 2.43. The van der Waals surface area contributed by atoms with Gasteiger partial charge in [0.2, 0.25) is 0 Å². The Balaban J connectivity index is 2.42. The van der Waals surface area contributed by atoms with Gasteiger partial charge in [0.25, 0.3) is 0 Å². The van der Waals surface area contributed by atoms with E-state index in [2.05, 4.69) is 0 Å². The van der Waals surface area contributed by atoms with E-state index in [1.165, 1.54) is 0 Å². The lowest BCUT2D eigenvalue weighted by atomic mass is 9.92. The van der Waals surface area contributed by atoms with E-state index >= 15 is 0 Å². The molecule has 0 aromatic carbocycles. The fourth-order valence-corrected chi connectivity index (χ4v) is 1.43. The highest BCUT2D eigenvalue weighted by atomic mass is 19.1. The molecule has 1 unspecified atom stereocenters. The molecule has 0 aromatic heterocycles. The highest BCUT2D eigenvalue weighted by Crippen LogP contribution is 2.26. The molecule has 1 saturated heterocycles. The highest BCUT2D eigenvalue weighted by molar-refractivity contribution is 5.69. The van der Waals surface area contributed by atoms with Gasteiger partial charge in [-0.1, -0.05) is 0 Å². The number of carbonyl (C=O) groups is 1. The summed E-state index contributed by atoms with van der Waals surface area (Å²) in [5.74, 6) is -0.0116. The number of hydrogen-bond donors (Lipinski definition) is 0. The van der Waals surface area contributed by atoms with E-state index in [0.29, 0.717) is 6.54 Å². The van der Waals surface area contributed by atoms with Crippen molar-refractivity contribution in [3.8, 4) is 0 Å². The zero-order valence-corrected chi connectivity index (χ0v) is 9.21. The van der Waals surface area contributed by atoms with Gasteiger partial charge in [-0.25, -0.2) is 4.79 Å². The van der Waals surface area contributed by atoms with Crippen LogP contribution in [0.5, 0.6) is 0 Å². The molecule has 1 rings (SSSR count). The predicted octanol–water partition coefficient (Wildman–Crippen LogP) is 2.21. The van der Waals surface area contributed by atoms with E-state index in [1.54, 1.807) is 4.90 Å². The molecule has 1 fully saturated rings. The molecule has 1 aliphatic heterocycles. The molecule has 3 nitrogen and oxygen atoms in total. The number of rotatable bonds is 1. The summed E-state index contributed by atoms with van der Waals surface area (Å²) in [6.07, 6.45) is -0.338. The zero-order chi connectivity index (χ0) is 10.9.